The molecule has 2 aliphatic heterocycles. The number of piperidine rings is 1. The van der Waals surface area contributed by atoms with Crippen LogP contribution in [0.2, 0.25) is 0 Å². The topological polar surface area (TPSA) is 15.3 Å². The van der Waals surface area contributed by atoms with Gasteiger partial charge in [-0.2, -0.15) is 0 Å². The maximum atomic E-state index is 3.65. The van der Waals surface area contributed by atoms with Gasteiger partial charge in [0, 0.05) is 18.1 Å². The van der Waals surface area contributed by atoms with Crippen molar-refractivity contribution in [2.24, 2.45) is 0 Å². The van der Waals surface area contributed by atoms with Crippen molar-refractivity contribution in [3.63, 3.8) is 0 Å². The van der Waals surface area contributed by atoms with Crippen LogP contribution in [0.4, 0.5) is 0 Å². The van der Waals surface area contributed by atoms with Gasteiger partial charge in [-0.15, -0.1) is 0 Å². The van der Waals surface area contributed by atoms with Gasteiger partial charge in [-0.25, -0.2) is 0 Å². The maximum absolute atomic E-state index is 3.65. The Labute approximate surface area is 101 Å². The normalized spacial score (nSPS) is 34.5. The molecule has 1 N–H and O–H groups in total. The Bertz CT molecular complexity index is 191. The smallest absolute Gasteiger partial charge is 0.0114 e. The highest BCUT2D eigenvalue weighted by Crippen LogP contribution is 2.35. The summed E-state index contributed by atoms with van der Waals surface area (Å²) < 4.78 is 0. The van der Waals surface area contributed by atoms with E-state index in [0.717, 1.165) is 24.7 Å². The summed E-state index contributed by atoms with van der Waals surface area (Å²) in [5.74, 6) is 0. The first-order valence-electron chi connectivity index (χ1n) is 7.34. The van der Waals surface area contributed by atoms with Crippen LogP contribution in [0.1, 0.15) is 58.8 Å². The zero-order valence-electron chi connectivity index (χ0n) is 11.0. The van der Waals surface area contributed by atoms with Gasteiger partial charge < -0.3 is 5.32 Å². The van der Waals surface area contributed by atoms with E-state index in [4.69, 9.17) is 0 Å². The minimum Gasteiger partial charge on any atom is -0.314 e. The van der Waals surface area contributed by atoms with E-state index in [1.165, 1.54) is 51.5 Å². The Hall–Kier alpha value is -0.0800. The van der Waals surface area contributed by atoms with Crippen LogP contribution in [-0.2, 0) is 0 Å². The molecule has 2 unspecified atom stereocenters. The molecule has 2 rings (SSSR count). The van der Waals surface area contributed by atoms with Crippen molar-refractivity contribution in [2.45, 2.75) is 76.9 Å². The maximum Gasteiger partial charge on any atom is 0.0114 e. The fourth-order valence-corrected chi connectivity index (χ4v) is 3.64. The zero-order chi connectivity index (χ0) is 11.4. The van der Waals surface area contributed by atoms with E-state index in [0.29, 0.717) is 0 Å². The van der Waals surface area contributed by atoms with Crippen molar-refractivity contribution in [1.82, 2.24) is 10.2 Å². The molecule has 2 fully saturated rings. The number of fused-ring (bicyclic) bond motifs is 2. The largest absolute Gasteiger partial charge is 0.314 e. The van der Waals surface area contributed by atoms with Gasteiger partial charge in [0.05, 0.1) is 0 Å². The highest BCUT2D eigenvalue weighted by atomic mass is 15.2. The van der Waals surface area contributed by atoms with Gasteiger partial charge in [0.1, 0.15) is 0 Å². The van der Waals surface area contributed by atoms with Crippen LogP contribution < -0.4 is 5.32 Å². The van der Waals surface area contributed by atoms with Crippen molar-refractivity contribution in [1.29, 1.82) is 0 Å². The summed E-state index contributed by atoms with van der Waals surface area (Å²) >= 11 is 0. The van der Waals surface area contributed by atoms with Crippen molar-refractivity contribution in [3.8, 4) is 0 Å². The molecule has 0 aromatic heterocycles. The summed E-state index contributed by atoms with van der Waals surface area (Å²) in [5.41, 5.74) is 0. The molecule has 2 atom stereocenters. The van der Waals surface area contributed by atoms with E-state index in [1.54, 1.807) is 0 Å². The minimum absolute atomic E-state index is 0.810. The van der Waals surface area contributed by atoms with Crippen LogP contribution in [0.5, 0.6) is 0 Å². The van der Waals surface area contributed by atoms with E-state index >= 15 is 0 Å². The Morgan fingerprint density at radius 2 is 1.75 bits per heavy atom. The molecule has 2 aliphatic rings. The van der Waals surface area contributed by atoms with E-state index in [-0.39, 0.29) is 0 Å². The van der Waals surface area contributed by atoms with Crippen molar-refractivity contribution < 1.29 is 0 Å². The Balaban J connectivity index is 1.80. The van der Waals surface area contributed by atoms with Gasteiger partial charge in [-0.05, 0) is 45.2 Å². The molecule has 2 nitrogen and oxygen atoms in total. The van der Waals surface area contributed by atoms with E-state index < -0.39 is 0 Å². The lowest BCUT2D eigenvalue weighted by Gasteiger charge is -2.39. The monoisotopic (exact) mass is 224 g/mol. The first kappa shape index (κ1) is 12.4. The van der Waals surface area contributed by atoms with Crippen LogP contribution >= 0.6 is 0 Å². The van der Waals surface area contributed by atoms with Crippen LogP contribution in [0.25, 0.3) is 0 Å². The molecule has 2 saturated heterocycles. The molecule has 0 saturated carbocycles. The van der Waals surface area contributed by atoms with Gasteiger partial charge >= 0.3 is 0 Å². The lowest BCUT2D eigenvalue weighted by Crippen LogP contribution is -2.49. The second kappa shape index (κ2) is 6.02. The SMILES string of the molecule is CCCCCN1C2CCC1CC(NCC)C2. The highest BCUT2D eigenvalue weighted by molar-refractivity contribution is 4.97. The summed E-state index contributed by atoms with van der Waals surface area (Å²) in [5, 5.41) is 3.65. The lowest BCUT2D eigenvalue weighted by molar-refractivity contribution is 0.115. The number of hydrogen-bond acceptors (Lipinski definition) is 2. The zero-order valence-corrected chi connectivity index (χ0v) is 11.0. The predicted octanol–water partition coefficient (Wildman–Crippen LogP) is 2.78. The second-order valence-electron chi connectivity index (χ2n) is 5.56. The molecule has 2 bridgehead atoms. The number of unbranched alkanes of at least 4 members (excludes halogenated alkanes) is 2. The first-order chi connectivity index (χ1) is 7.85. The van der Waals surface area contributed by atoms with Crippen LogP contribution in [0.3, 0.4) is 0 Å². The van der Waals surface area contributed by atoms with Gasteiger partial charge in [0.15, 0.2) is 0 Å². The summed E-state index contributed by atoms with van der Waals surface area (Å²) in [4.78, 5) is 2.82. The third-order valence-corrected chi connectivity index (χ3v) is 4.40. The van der Waals surface area contributed by atoms with Crippen LogP contribution in [0, 0.1) is 0 Å². The molecule has 2 heterocycles. The third kappa shape index (κ3) is 2.78. The molecular formula is C14H28N2. The summed E-state index contributed by atoms with van der Waals surface area (Å²) in [6.45, 7) is 7.03. The third-order valence-electron chi connectivity index (χ3n) is 4.40. The van der Waals surface area contributed by atoms with E-state index in [9.17, 15) is 0 Å². The quantitative estimate of drug-likeness (QED) is 0.698. The Kier molecular flexibility index (Phi) is 4.66. The molecular weight excluding hydrogens is 196 g/mol. The molecule has 0 aliphatic carbocycles. The molecule has 0 spiro atoms. The number of hydrogen-bond donors (Lipinski definition) is 1. The summed E-state index contributed by atoms with van der Waals surface area (Å²) in [6, 6.07) is 2.62. The minimum atomic E-state index is 0.810. The first-order valence-corrected chi connectivity index (χ1v) is 7.34. The van der Waals surface area contributed by atoms with Crippen molar-refractivity contribution in [3.05, 3.63) is 0 Å². The molecule has 0 amide bonds. The van der Waals surface area contributed by atoms with Gasteiger partial charge in [-0.1, -0.05) is 26.7 Å². The van der Waals surface area contributed by atoms with Crippen molar-refractivity contribution >= 4 is 0 Å². The number of rotatable bonds is 6. The molecule has 2 heteroatoms. The molecule has 0 aromatic rings. The standard InChI is InChI=1S/C14H28N2/c1-3-5-6-9-16-13-7-8-14(16)11-12(10-13)15-4-2/h12-15H,3-11H2,1-2H3. The van der Waals surface area contributed by atoms with E-state index in [2.05, 4.69) is 24.1 Å². The highest BCUT2D eigenvalue weighted by Gasteiger charge is 2.39. The molecule has 94 valence electrons. The Morgan fingerprint density at radius 1 is 1.06 bits per heavy atom. The average Bonchev–Trinajstić information content (AvgIpc) is 2.52. The number of nitrogens with zero attached hydrogens (tertiary/aromatic N) is 1. The second-order valence-corrected chi connectivity index (χ2v) is 5.56. The van der Waals surface area contributed by atoms with Crippen LogP contribution in [0.15, 0.2) is 0 Å². The lowest BCUT2D eigenvalue weighted by atomic mass is 9.97. The van der Waals surface area contributed by atoms with Crippen LogP contribution in [-0.4, -0.2) is 36.1 Å². The summed E-state index contributed by atoms with van der Waals surface area (Å²) in [7, 11) is 0. The fraction of sp³-hybridized carbons (Fsp3) is 1.00. The Morgan fingerprint density at radius 3 is 2.31 bits per heavy atom. The number of nitrogens with one attached hydrogen (secondary N) is 1. The fourth-order valence-electron chi connectivity index (χ4n) is 3.64. The molecule has 16 heavy (non-hydrogen) atoms. The van der Waals surface area contributed by atoms with Gasteiger partial charge in [0.2, 0.25) is 0 Å². The van der Waals surface area contributed by atoms with E-state index in [1.807, 2.05) is 0 Å². The average molecular weight is 224 g/mol. The van der Waals surface area contributed by atoms with Crippen molar-refractivity contribution in [2.75, 3.05) is 13.1 Å². The molecule has 0 radical (unpaired) electrons. The van der Waals surface area contributed by atoms with Gasteiger partial charge in [-0.3, -0.25) is 4.90 Å². The molecule has 0 aromatic carbocycles. The predicted molar refractivity (Wildman–Crippen MR) is 69.7 cm³/mol. The summed E-state index contributed by atoms with van der Waals surface area (Å²) in [6.07, 6.45) is 9.88. The van der Waals surface area contributed by atoms with Gasteiger partial charge in [0.25, 0.3) is 0 Å².